The van der Waals surface area contributed by atoms with Gasteiger partial charge in [-0.25, -0.2) is 4.98 Å². The van der Waals surface area contributed by atoms with Crippen LogP contribution in [0.25, 0.3) is 0 Å². The molecule has 0 N–H and O–H groups in total. The van der Waals surface area contributed by atoms with Crippen LogP contribution in [-0.4, -0.2) is 15.3 Å². The number of carbonyl (C=O) groups excluding carboxylic acids is 1. The molecule has 3 heteroatoms. The third-order valence-corrected chi connectivity index (χ3v) is 4.10. The largest absolute Gasteiger partial charge is 0.335 e. The summed E-state index contributed by atoms with van der Waals surface area (Å²) < 4.78 is 2.10. The highest BCUT2D eigenvalue weighted by Gasteiger charge is 2.27. The number of fused-ring (bicyclic) bond motifs is 1. The van der Waals surface area contributed by atoms with E-state index in [0.717, 1.165) is 31.6 Å². The maximum atomic E-state index is 12.5. The second-order valence-electron chi connectivity index (χ2n) is 5.55. The highest BCUT2D eigenvalue weighted by Crippen LogP contribution is 2.27. The van der Waals surface area contributed by atoms with Gasteiger partial charge in [0.05, 0.1) is 6.42 Å². The van der Waals surface area contributed by atoms with Crippen LogP contribution in [0.4, 0.5) is 0 Å². The highest BCUT2D eigenvalue weighted by molar-refractivity contribution is 5.84. The zero-order chi connectivity index (χ0) is 13.9. The summed E-state index contributed by atoms with van der Waals surface area (Å²) in [5, 5.41) is 0. The molecule has 0 radical (unpaired) electrons. The van der Waals surface area contributed by atoms with E-state index < -0.39 is 0 Å². The van der Waals surface area contributed by atoms with Crippen LogP contribution in [-0.2, 0) is 30.6 Å². The van der Waals surface area contributed by atoms with E-state index in [2.05, 4.69) is 40.7 Å². The fourth-order valence-corrected chi connectivity index (χ4v) is 3.04. The molecule has 3 rings (SSSR count). The first kappa shape index (κ1) is 13.1. The van der Waals surface area contributed by atoms with Gasteiger partial charge in [0.2, 0.25) is 0 Å². The zero-order valence-corrected chi connectivity index (χ0v) is 11.9. The van der Waals surface area contributed by atoms with Crippen molar-refractivity contribution >= 4 is 5.78 Å². The number of rotatable bonds is 5. The molecule has 0 fully saturated rings. The molecule has 20 heavy (non-hydrogen) atoms. The first-order chi connectivity index (χ1) is 9.78. The van der Waals surface area contributed by atoms with Crippen molar-refractivity contribution in [2.75, 3.05) is 0 Å². The minimum atomic E-state index is 0.138. The van der Waals surface area contributed by atoms with E-state index >= 15 is 0 Å². The number of hydrogen-bond donors (Lipinski definition) is 0. The van der Waals surface area contributed by atoms with Crippen molar-refractivity contribution in [3.8, 4) is 0 Å². The molecule has 3 nitrogen and oxygen atoms in total. The van der Waals surface area contributed by atoms with E-state index in [1.807, 2.05) is 6.20 Å². The van der Waals surface area contributed by atoms with Crippen LogP contribution in [0.5, 0.6) is 0 Å². The maximum absolute atomic E-state index is 12.5. The zero-order valence-electron chi connectivity index (χ0n) is 11.9. The predicted octanol–water partition coefficient (Wildman–Crippen LogP) is 2.82. The SMILES string of the molecule is CCCn1ccnc1CC(=O)C1Cc2ccccc2C1. The van der Waals surface area contributed by atoms with Crippen molar-refractivity contribution in [3.63, 3.8) is 0 Å². The van der Waals surface area contributed by atoms with Crippen LogP contribution in [0.15, 0.2) is 36.7 Å². The van der Waals surface area contributed by atoms with E-state index in [1.54, 1.807) is 6.20 Å². The lowest BCUT2D eigenvalue weighted by atomic mass is 9.98. The molecule has 1 aliphatic carbocycles. The van der Waals surface area contributed by atoms with Gasteiger partial charge < -0.3 is 4.57 Å². The summed E-state index contributed by atoms with van der Waals surface area (Å²) in [6.07, 6.45) is 7.07. The smallest absolute Gasteiger partial charge is 0.144 e. The average molecular weight is 268 g/mol. The molecule has 0 bridgehead atoms. The van der Waals surface area contributed by atoms with Crippen LogP contribution in [0.2, 0.25) is 0 Å². The minimum absolute atomic E-state index is 0.138. The fraction of sp³-hybridized carbons (Fsp3) is 0.412. The number of aryl methyl sites for hydroxylation is 1. The molecule has 0 aliphatic heterocycles. The number of hydrogen-bond acceptors (Lipinski definition) is 2. The molecule has 1 aromatic heterocycles. The van der Waals surface area contributed by atoms with Gasteiger partial charge in [-0.05, 0) is 30.4 Å². The van der Waals surface area contributed by atoms with E-state index in [1.165, 1.54) is 11.1 Å². The Balaban J connectivity index is 1.68. The van der Waals surface area contributed by atoms with Crippen molar-refractivity contribution in [2.24, 2.45) is 5.92 Å². The number of ketones is 1. The summed E-state index contributed by atoms with van der Waals surface area (Å²) in [5.74, 6) is 1.37. The molecular weight excluding hydrogens is 248 g/mol. The summed E-state index contributed by atoms with van der Waals surface area (Å²) in [7, 11) is 0. The Morgan fingerprint density at radius 3 is 2.65 bits per heavy atom. The summed E-state index contributed by atoms with van der Waals surface area (Å²) in [6, 6.07) is 8.39. The summed E-state index contributed by atoms with van der Waals surface area (Å²) >= 11 is 0. The van der Waals surface area contributed by atoms with E-state index in [4.69, 9.17) is 0 Å². The molecule has 0 atom stereocenters. The first-order valence-electron chi connectivity index (χ1n) is 7.37. The van der Waals surface area contributed by atoms with Crippen LogP contribution < -0.4 is 0 Å². The van der Waals surface area contributed by atoms with Gasteiger partial charge in [0, 0.05) is 24.9 Å². The number of imidazole rings is 1. The van der Waals surface area contributed by atoms with Crippen molar-refractivity contribution < 1.29 is 4.79 Å². The molecule has 0 saturated heterocycles. The molecule has 1 aliphatic rings. The number of Topliss-reactive ketones (excluding diaryl/α,β-unsaturated/α-hetero) is 1. The van der Waals surface area contributed by atoms with Gasteiger partial charge in [0.15, 0.2) is 0 Å². The molecule has 0 spiro atoms. The third-order valence-electron chi connectivity index (χ3n) is 4.10. The molecule has 1 aromatic carbocycles. The standard InChI is InChI=1S/C17H20N2O/c1-2-8-19-9-7-18-17(19)12-16(20)15-10-13-5-3-4-6-14(13)11-15/h3-7,9,15H,2,8,10-12H2,1H3. The Morgan fingerprint density at radius 1 is 1.30 bits per heavy atom. The Hall–Kier alpha value is -1.90. The van der Waals surface area contributed by atoms with Crippen LogP contribution >= 0.6 is 0 Å². The first-order valence-corrected chi connectivity index (χ1v) is 7.37. The van der Waals surface area contributed by atoms with E-state index in [-0.39, 0.29) is 5.92 Å². The Kier molecular flexibility index (Phi) is 3.68. The summed E-state index contributed by atoms with van der Waals surface area (Å²) in [6.45, 7) is 3.08. The van der Waals surface area contributed by atoms with Gasteiger partial charge in [-0.15, -0.1) is 0 Å². The molecule has 1 heterocycles. The van der Waals surface area contributed by atoms with Gasteiger partial charge in [0.25, 0.3) is 0 Å². The number of nitrogens with zero attached hydrogens (tertiary/aromatic N) is 2. The topological polar surface area (TPSA) is 34.9 Å². The Morgan fingerprint density at radius 2 is 2.00 bits per heavy atom. The van der Waals surface area contributed by atoms with Gasteiger partial charge >= 0.3 is 0 Å². The van der Waals surface area contributed by atoms with Crippen LogP contribution in [0, 0.1) is 5.92 Å². The lowest BCUT2D eigenvalue weighted by molar-refractivity contribution is -0.122. The molecule has 0 unspecified atom stereocenters. The normalized spacial score (nSPS) is 14.4. The number of benzene rings is 1. The number of carbonyl (C=O) groups is 1. The summed E-state index contributed by atoms with van der Waals surface area (Å²) in [4.78, 5) is 16.8. The maximum Gasteiger partial charge on any atom is 0.144 e. The van der Waals surface area contributed by atoms with Crippen molar-refractivity contribution in [1.82, 2.24) is 9.55 Å². The van der Waals surface area contributed by atoms with E-state index in [9.17, 15) is 4.79 Å². The molecular formula is C17H20N2O. The summed E-state index contributed by atoms with van der Waals surface area (Å²) in [5.41, 5.74) is 2.67. The molecule has 2 aromatic rings. The fourth-order valence-electron chi connectivity index (χ4n) is 3.04. The number of aromatic nitrogens is 2. The minimum Gasteiger partial charge on any atom is -0.335 e. The lowest BCUT2D eigenvalue weighted by Gasteiger charge is -2.09. The highest BCUT2D eigenvalue weighted by atomic mass is 16.1. The van der Waals surface area contributed by atoms with Crippen molar-refractivity contribution in [1.29, 1.82) is 0 Å². The average Bonchev–Trinajstić information content (AvgIpc) is 3.06. The second-order valence-corrected chi connectivity index (χ2v) is 5.55. The molecule has 0 amide bonds. The van der Waals surface area contributed by atoms with Crippen molar-refractivity contribution in [3.05, 3.63) is 53.6 Å². The van der Waals surface area contributed by atoms with Gasteiger partial charge in [-0.3, -0.25) is 4.79 Å². The van der Waals surface area contributed by atoms with Crippen LogP contribution in [0.3, 0.4) is 0 Å². The van der Waals surface area contributed by atoms with Crippen LogP contribution in [0.1, 0.15) is 30.3 Å². The molecule has 0 saturated carbocycles. The predicted molar refractivity (Wildman–Crippen MR) is 78.6 cm³/mol. The Bertz CT molecular complexity index is 590. The van der Waals surface area contributed by atoms with Crippen molar-refractivity contribution in [2.45, 2.75) is 39.2 Å². The van der Waals surface area contributed by atoms with Gasteiger partial charge in [-0.1, -0.05) is 31.2 Å². The van der Waals surface area contributed by atoms with E-state index in [0.29, 0.717) is 12.2 Å². The van der Waals surface area contributed by atoms with Gasteiger partial charge in [-0.2, -0.15) is 0 Å². The molecule has 104 valence electrons. The van der Waals surface area contributed by atoms with Gasteiger partial charge in [0.1, 0.15) is 11.6 Å². The lowest BCUT2D eigenvalue weighted by Crippen LogP contribution is -2.19. The monoisotopic (exact) mass is 268 g/mol. The third kappa shape index (κ3) is 2.53. The Labute approximate surface area is 119 Å². The quantitative estimate of drug-likeness (QED) is 0.835. The second kappa shape index (κ2) is 5.61.